The van der Waals surface area contributed by atoms with E-state index in [4.69, 9.17) is 0 Å². The number of amides is 4. The lowest BCUT2D eigenvalue weighted by Crippen LogP contribution is -2.46. The molecule has 2 aliphatic rings. The molecule has 0 radical (unpaired) electrons. The number of urea groups is 1. The Labute approximate surface area is 159 Å². The summed E-state index contributed by atoms with van der Waals surface area (Å²) in [6.07, 6.45) is 0.878. The minimum atomic E-state index is -1.14. The van der Waals surface area contributed by atoms with E-state index in [0.29, 0.717) is 5.56 Å². The molecule has 2 saturated heterocycles. The number of nitrogens with one attached hydrogen (secondary N) is 2. The summed E-state index contributed by atoms with van der Waals surface area (Å²) in [6.45, 7) is 5.01. The molecule has 1 aromatic carbocycles. The van der Waals surface area contributed by atoms with E-state index in [2.05, 4.69) is 10.6 Å². The van der Waals surface area contributed by atoms with Crippen LogP contribution in [-0.4, -0.2) is 60.4 Å². The summed E-state index contributed by atoms with van der Waals surface area (Å²) in [6, 6.07) is 7.03. The molecule has 0 aromatic heterocycles. The van der Waals surface area contributed by atoms with Gasteiger partial charge < -0.3 is 15.5 Å². The summed E-state index contributed by atoms with van der Waals surface area (Å²) < 4.78 is 0. The molecule has 0 spiro atoms. The summed E-state index contributed by atoms with van der Waals surface area (Å²) in [5.41, 5.74) is 0.640. The summed E-state index contributed by atoms with van der Waals surface area (Å²) in [4.78, 5) is 40.3. The zero-order valence-electron chi connectivity index (χ0n) is 15.2. The van der Waals surface area contributed by atoms with E-state index >= 15 is 0 Å². The van der Waals surface area contributed by atoms with Gasteiger partial charge >= 0.3 is 6.03 Å². The monoisotopic (exact) mass is 380 g/mol. The van der Waals surface area contributed by atoms with Crippen molar-refractivity contribution in [3.63, 3.8) is 0 Å². The lowest BCUT2D eigenvalue weighted by molar-refractivity contribution is -0.139. The fourth-order valence-electron chi connectivity index (χ4n) is 3.34. The normalized spacial score (nSPS) is 25.0. The minimum Gasteiger partial charge on any atom is -0.340 e. The third kappa shape index (κ3) is 3.54. The Balaban J connectivity index is 0.00000243. The highest BCUT2D eigenvalue weighted by Crippen LogP contribution is 2.29. The average Bonchev–Trinajstić information content (AvgIpc) is 3.19. The van der Waals surface area contributed by atoms with Crippen LogP contribution in [0.4, 0.5) is 4.79 Å². The molecule has 2 unspecified atom stereocenters. The SMILES string of the molecule is Cc1ccc(C2(C)NC(=O)N(CC(=O)N(C)C3CCNC3)C2=O)cc1.Cl. The molecule has 2 N–H and O–H groups in total. The number of likely N-dealkylation sites (N-methyl/N-ethyl adjacent to an activating group) is 1. The number of hydrogen-bond donors (Lipinski definition) is 2. The van der Waals surface area contributed by atoms with Crippen molar-refractivity contribution in [2.75, 3.05) is 26.7 Å². The Morgan fingerprint density at radius 3 is 2.54 bits per heavy atom. The lowest BCUT2D eigenvalue weighted by Gasteiger charge is -2.26. The van der Waals surface area contributed by atoms with Crippen LogP contribution in [0.1, 0.15) is 24.5 Å². The average molecular weight is 381 g/mol. The lowest BCUT2D eigenvalue weighted by atomic mass is 9.91. The van der Waals surface area contributed by atoms with Gasteiger partial charge in [-0.05, 0) is 32.4 Å². The number of nitrogens with zero attached hydrogens (tertiary/aromatic N) is 2. The van der Waals surface area contributed by atoms with E-state index in [9.17, 15) is 14.4 Å². The van der Waals surface area contributed by atoms with Gasteiger partial charge in [-0.25, -0.2) is 4.79 Å². The Hall–Kier alpha value is -2.12. The van der Waals surface area contributed by atoms with Gasteiger partial charge in [0.1, 0.15) is 12.1 Å². The highest BCUT2D eigenvalue weighted by molar-refractivity contribution is 6.09. The smallest absolute Gasteiger partial charge is 0.325 e. The van der Waals surface area contributed by atoms with E-state index < -0.39 is 17.5 Å². The fourth-order valence-corrected chi connectivity index (χ4v) is 3.34. The Morgan fingerprint density at radius 2 is 1.96 bits per heavy atom. The summed E-state index contributed by atoms with van der Waals surface area (Å²) >= 11 is 0. The van der Waals surface area contributed by atoms with Gasteiger partial charge in [0.05, 0.1) is 0 Å². The molecule has 4 amide bonds. The number of aryl methyl sites for hydroxylation is 1. The van der Waals surface area contributed by atoms with Crippen LogP contribution in [0.25, 0.3) is 0 Å². The van der Waals surface area contributed by atoms with Crippen LogP contribution in [0, 0.1) is 6.92 Å². The predicted octanol–water partition coefficient (Wildman–Crippen LogP) is 1.00. The van der Waals surface area contributed by atoms with Crippen molar-refractivity contribution < 1.29 is 14.4 Å². The Kier molecular flexibility index (Phi) is 5.93. The van der Waals surface area contributed by atoms with Crippen LogP contribution < -0.4 is 10.6 Å². The number of carbonyl (C=O) groups is 3. The van der Waals surface area contributed by atoms with E-state index in [-0.39, 0.29) is 30.9 Å². The van der Waals surface area contributed by atoms with Crippen LogP contribution in [0.15, 0.2) is 24.3 Å². The van der Waals surface area contributed by atoms with E-state index in [1.54, 1.807) is 18.9 Å². The number of hydrogen-bond acceptors (Lipinski definition) is 4. The van der Waals surface area contributed by atoms with Crippen molar-refractivity contribution >= 4 is 30.3 Å². The number of benzene rings is 1. The molecule has 26 heavy (non-hydrogen) atoms. The molecule has 142 valence electrons. The zero-order chi connectivity index (χ0) is 18.2. The van der Waals surface area contributed by atoms with Gasteiger partial charge in [0.2, 0.25) is 5.91 Å². The van der Waals surface area contributed by atoms with Crippen LogP contribution in [0.5, 0.6) is 0 Å². The maximum Gasteiger partial charge on any atom is 0.325 e. The molecule has 2 atom stereocenters. The predicted molar refractivity (Wildman–Crippen MR) is 100 cm³/mol. The second kappa shape index (κ2) is 7.63. The maximum atomic E-state index is 12.9. The largest absolute Gasteiger partial charge is 0.340 e. The van der Waals surface area contributed by atoms with Crippen molar-refractivity contribution in [2.24, 2.45) is 0 Å². The van der Waals surface area contributed by atoms with Gasteiger partial charge in [0.25, 0.3) is 5.91 Å². The number of halogens is 1. The van der Waals surface area contributed by atoms with E-state index in [1.165, 1.54) is 0 Å². The zero-order valence-corrected chi connectivity index (χ0v) is 16.1. The third-order valence-corrected chi connectivity index (χ3v) is 5.17. The van der Waals surface area contributed by atoms with Crippen molar-refractivity contribution in [1.82, 2.24) is 20.4 Å². The molecule has 2 heterocycles. The second-order valence-electron chi connectivity index (χ2n) is 6.96. The topological polar surface area (TPSA) is 81.8 Å². The summed E-state index contributed by atoms with van der Waals surface area (Å²) in [5.74, 6) is -0.627. The summed E-state index contributed by atoms with van der Waals surface area (Å²) in [7, 11) is 1.72. The quantitative estimate of drug-likeness (QED) is 0.764. The van der Waals surface area contributed by atoms with Gasteiger partial charge in [-0.2, -0.15) is 0 Å². The highest BCUT2D eigenvalue weighted by atomic mass is 35.5. The number of imide groups is 1. The summed E-state index contributed by atoms with van der Waals surface area (Å²) in [5, 5.41) is 5.94. The van der Waals surface area contributed by atoms with E-state index in [1.807, 2.05) is 31.2 Å². The van der Waals surface area contributed by atoms with Crippen molar-refractivity contribution in [2.45, 2.75) is 31.8 Å². The van der Waals surface area contributed by atoms with Crippen molar-refractivity contribution in [3.05, 3.63) is 35.4 Å². The van der Waals surface area contributed by atoms with Gasteiger partial charge in [-0.1, -0.05) is 29.8 Å². The van der Waals surface area contributed by atoms with Crippen molar-refractivity contribution in [3.8, 4) is 0 Å². The van der Waals surface area contributed by atoms with Gasteiger partial charge in [-0.3, -0.25) is 14.5 Å². The molecule has 1 aromatic rings. The third-order valence-electron chi connectivity index (χ3n) is 5.17. The Bertz CT molecular complexity index is 703. The second-order valence-corrected chi connectivity index (χ2v) is 6.96. The minimum absolute atomic E-state index is 0. The van der Waals surface area contributed by atoms with E-state index in [0.717, 1.165) is 30.0 Å². The fraction of sp³-hybridized carbons (Fsp3) is 0.500. The first kappa shape index (κ1) is 20.2. The van der Waals surface area contributed by atoms with Crippen LogP contribution in [0.3, 0.4) is 0 Å². The Morgan fingerprint density at radius 1 is 1.31 bits per heavy atom. The van der Waals surface area contributed by atoms with Crippen LogP contribution >= 0.6 is 12.4 Å². The molecular formula is C18H25ClN4O3. The first-order valence-corrected chi connectivity index (χ1v) is 8.50. The highest BCUT2D eigenvalue weighted by Gasteiger charge is 2.49. The van der Waals surface area contributed by atoms with Gasteiger partial charge in [0, 0.05) is 19.6 Å². The number of carbonyl (C=O) groups excluding carboxylic acids is 3. The number of rotatable bonds is 4. The first-order chi connectivity index (χ1) is 11.8. The van der Waals surface area contributed by atoms with Gasteiger partial charge in [-0.15, -0.1) is 12.4 Å². The molecular weight excluding hydrogens is 356 g/mol. The first-order valence-electron chi connectivity index (χ1n) is 8.50. The van der Waals surface area contributed by atoms with Crippen molar-refractivity contribution in [1.29, 1.82) is 0 Å². The molecule has 3 rings (SSSR count). The molecule has 8 heteroatoms. The maximum absolute atomic E-state index is 12.9. The van der Waals surface area contributed by atoms with Crippen LogP contribution in [-0.2, 0) is 15.1 Å². The van der Waals surface area contributed by atoms with Gasteiger partial charge in [0.15, 0.2) is 0 Å². The standard InChI is InChI=1S/C18H24N4O3.ClH/c1-12-4-6-13(7-5-12)18(2)16(24)22(17(25)20-18)11-15(23)21(3)14-8-9-19-10-14;/h4-7,14,19H,8-11H2,1-3H3,(H,20,25);1H. The molecule has 0 aliphatic carbocycles. The molecule has 0 saturated carbocycles. The molecule has 7 nitrogen and oxygen atoms in total. The molecule has 2 fully saturated rings. The van der Waals surface area contributed by atoms with Crippen LogP contribution in [0.2, 0.25) is 0 Å². The molecule has 2 aliphatic heterocycles. The molecule has 0 bridgehead atoms.